The lowest BCUT2D eigenvalue weighted by atomic mass is 9.97. The van der Waals surface area contributed by atoms with Gasteiger partial charge in [-0.3, -0.25) is 9.59 Å². The minimum absolute atomic E-state index is 0.0485. The number of amides is 2. The Morgan fingerprint density at radius 3 is 2.96 bits per heavy atom. The van der Waals surface area contributed by atoms with Crippen LogP contribution in [0.25, 0.3) is 0 Å². The summed E-state index contributed by atoms with van der Waals surface area (Å²) in [5.41, 5.74) is 3.64. The van der Waals surface area contributed by atoms with Gasteiger partial charge in [-0.25, -0.2) is 4.98 Å². The highest BCUT2D eigenvalue weighted by molar-refractivity contribution is 5.93. The van der Waals surface area contributed by atoms with Gasteiger partial charge in [-0.15, -0.1) is 0 Å². The maximum Gasteiger partial charge on any atom is 0.226 e. The first-order valence-electron chi connectivity index (χ1n) is 8.27. The third-order valence-electron chi connectivity index (χ3n) is 4.23. The molecular weight excluding hydrogens is 318 g/mol. The van der Waals surface area contributed by atoms with Crippen molar-refractivity contribution in [2.45, 2.75) is 32.2 Å². The average molecular weight is 339 g/mol. The second-order valence-corrected chi connectivity index (χ2v) is 6.10. The van der Waals surface area contributed by atoms with Crippen molar-refractivity contribution in [1.82, 2.24) is 10.3 Å². The molecule has 0 fully saturated rings. The number of hydrogen-bond acceptors (Lipinski definition) is 4. The Balaban J connectivity index is 1.64. The Hall–Kier alpha value is -2.89. The fourth-order valence-electron chi connectivity index (χ4n) is 2.88. The van der Waals surface area contributed by atoms with E-state index in [1.54, 1.807) is 19.2 Å². The van der Waals surface area contributed by atoms with Gasteiger partial charge in [0.15, 0.2) is 0 Å². The van der Waals surface area contributed by atoms with Crippen LogP contribution in [0, 0.1) is 0 Å². The number of pyridine rings is 1. The SMILES string of the molecule is COc1cccc(CC(=O)N[C@@H](C)c2ccc3c(c2)CCC(=O)N3)n1. The molecule has 6 nitrogen and oxygen atoms in total. The van der Waals surface area contributed by atoms with Crippen molar-refractivity contribution < 1.29 is 14.3 Å². The van der Waals surface area contributed by atoms with E-state index in [-0.39, 0.29) is 24.3 Å². The number of carbonyl (C=O) groups excluding carboxylic acids is 2. The Kier molecular flexibility index (Phi) is 4.97. The first-order valence-corrected chi connectivity index (χ1v) is 8.27. The summed E-state index contributed by atoms with van der Waals surface area (Å²) < 4.78 is 5.07. The minimum Gasteiger partial charge on any atom is -0.481 e. The highest BCUT2D eigenvalue weighted by atomic mass is 16.5. The second kappa shape index (κ2) is 7.34. The molecule has 130 valence electrons. The smallest absolute Gasteiger partial charge is 0.226 e. The number of hydrogen-bond donors (Lipinski definition) is 2. The average Bonchev–Trinajstić information content (AvgIpc) is 2.61. The second-order valence-electron chi connectivity index (χ2n) is 6.10. The molecule has 1 aromatic carbocycles. The Bertz CT molecular complexity index is 804. The van der Waals surface area contributed by atoms with Crippen LogP contribution >= 0.6 is 0 Å². The molecule has 3 rings (SSSR count). The summed E-state index contributed by atoms with van der Waals surface area (Å²) in [5, 5.41) is 5.85. The summed E-state index contributed by atoms with van der Waals surface area (Å²) in [7, 11) is 1.55. The number of nitrogens with zero attached hydrogens (tertiary/aromatic N) is 1. The number of fused-ring (bicyclic) bond motifs is 1. The number of benzene rings is 1. The summed E-state index contributed by atoms with van der Waals surface area (Å²) in [5.74, 6) is 0.446. The van der Waals surface area contributed by atoms with E-state index in [0.717, 1.165) is 23.2 Å². The monoisotopic (exact) mass is 339 g/mol. The largest absolute Gasteiger partial charge is 0.481 e. The molecule has 2 heterocycles. The number of anilines is 1. The Morgan fingerprint density at radius 2 is 2.16 bits per heavy atom. The summed E-state index contributed by atoms with van der Waals surface area (Å²) in [6.07, 6.45) is 1.42. The number of carbonyl (C=O) groups is 2. The summed E-state index contributed by atoms with van der Waals surface area (Å²) in [4.78, 5) is 28.0. The molecule has 0 saturated heterocycles. The van der Waals surface area contributed by atoms with E-state index in [4.69, 9.17) is 4.74 Å². The molecule has 0 aliphatic carbocycles. The maximum atomic E-state index is 12.3. The van der Waals surface area contributed by atoms with E-state index in [9.17, 15) is 9.59 Å². The van der Waals surface area contributed by atoms with E-state index in [2.05, 4.69) is 15.6 Å². The molecule has 0 spiro atoms. The summed E-state index contributed by atoms with van der Waals surface area (Å²) >= 11 is 0. The van der Waals surface area contributed by atoms with Gasteiger partial charge >= 0.3 is 0 Å². The Morgan fingerprint density at radius 1 is 1.32 bits per heavy atom. The third-order valence-corrected chi connectivity index (χ3v) is 4.23. The van der Waals surface area contributed by atoms with Gasteiger partial charge < -0.3 is 15.4 Å². The fourth-order valence-corrected chi connectivity index (χ4v) is 2.88. The molecule has 0 radical (unpaired) electrons. The van der Waals surface area contributed by atoms with Crippen LogP contribution in [-0.4, -0.2) is 23.9 Å². The lowest BCUT2D eigenvalue weighted by Crippen LogP contribution is -2.28. The molecule has 2 aromatic rings. The van der Waals surface area contributed by atoms with Gasteiger partial charge in [0.2, 0.25) is 17.7 Å². The van der Waals surface area contributed by atoms with Crippen LogP contribution in [0.2, 0.25) is 0 Å². The van der Waals surface area contributed by atoms with Gasteiger partial charge in [0.1, 0.15) is 0 Å². The number of aryl methyl sites for hydroxylation is 1. The molecule has 2 amide bonds. The predicted octanol–water partition coefficient (Wildman–Crippen LogP) is 2.39. The van der Waals surface area contributed by atoms with Crippen molar-refractivity contribution >= 4 is 17.5 Å². The maximum absolute atomic E-state index is 12.3. The zero-order chi connectivity index (χ0) is 17.8. The van der Waals surface area contributed by atoms with Gasteiger partial charge in [-0.2, -0.15) is 0 Å². The third kappa shape index (κ3) is 4.15. The van der Waals surface area contributed by atoms with E-state index in [1.807, 2.05) is 31.2 Å². The molecule has 1 aliphatic rings. The zero-order valence-corrected chi connectivity index (χ0v) is 14.3. The molecule has 0 bridgehead atoms. The normalized spacial score (nSPS) is 14.2. The zero-order valence-electron chi connectivity index (χ0n) is 14.3. The standard InChI is InChI=1S/C19H21N3O3/c1-12(13-6-8-16-14(10-13)7-9-17(23)22-16)20-18(24)11-15-4-3-5-19(21-15)25-2/h3-6,8,10,12H,7,9,11H2,1-2H3,(H,20,24)(H,22,23)/t12-/m0/s1. The summed E-state index contributed by atoms with van der Waals surface area (Å²) in [6.45, 7) is 1.94. The van der Waals surface area contributed by atoms with Crippen LogP contribution < -0.4 is 15.4 Å². The van der Waals surface area contributed by atoms with Crippen molar-refractivity contribution in [1.29, 1.82) is 0 Å². The van der Waals surface area contributed by atoms with E-state index in [1.165, 1.54) is 0 Å². The van der Waals surface area contributed by atoms with Crippen molar-refractivity contribution in [3.63, 3.8) is 0 Å². The molecule has 1 aromatic heterocycles. The molecule has 1 aliphatic heterocycles. The van der Waals surface area contributed by atoms with E-state index < -0.39 is 0 Å². The van der Waals surface area contributed by atoms with Crippen LogP contribution in [0.4, 0.5) is 5.69 Å². The van der Waals surface area contributed by atoms with Crippen molar-refractivity contribution in [3.05, 3.63) is 53.2 Å². The van der Waals surface area contributed by atoms with Gasteiger partial charge in [0.25, 0.3) is 0 Å². The minimum atomic E-state index is -0.124. The lowest BCUT2D eigenvalue weighted by Gasteiger charge is -2.20. The highest BCUT2D eigenvalue weighted by Gasteiger charge is 2.17. The van der Waals surface area contributed by atoms with Crippen LogP contribution in [-0.2, 0) is 22.4 Å². The predicted molar refractivity (Wildman–Crippen MR) is 94.4 cm³/mol. The Labute approximate surface area is 146 Å². The number of nitrogens with one attached hydrogen (secondary N) is 2. The van der Waals surface area contributed by atoms with Crippen LogP contribution in [0.15, 0.2) is 36.4 Å². The van der Waals surface area contributed by atoms with Crippen molar-refractivity contribution in [3.8, 4) is 5.88 Å². The van der Waals surface area contributed by atoms with Gasteiger partial charge in [-0.1, -0.05) is 18.2 Å². The molecule has 0 saturated carbocycles. The van der Waals surface area contributed by atoms with Gasteiger partial charge in [0, 0.05) is 18.2 Å². The fraction of sp³-hybridized carbons (Fsp3) is 0.316. The highest BCUT2D eigenvalue weighted by Crippen LogP contribution is 2.26. The molecule has 2 N–H and O–H groups in total. The molecule has 0 unspecified atom stereocenters. The first-order chi connectivity index (χ1) is 12.0. The summed E-state index contributed by atoms with van der Waals surface area (Å²) in [6, 6.07) is 11.1. The first kappa shape index (κ1) is 17.0. The van der Waals surface area contributed by atoms with Crippen LogP contribution in [0.3, 0.4) is 0 Å². The van der Waals surface area contributed by atoms with E-state index >= 15 is 0 Å². The number of rotatable bonds is 5. The van der Waals surface area contributed by atoms with Crippen molar-refractivity contribution in [2.75, 3.05) is 12.4 Å². The lowest BCUT2D eigenvalue weighted by molar-refractivity contribution is -0.121. The molecule has 6 heteroatoms. The van der Waals surface area contributed by atoms with Gasteiger partial charge in [-0.05, 0) is 36.6 Å². The number of ether oxygens (including phenoxy) is 1. The quantitative estimate of drug-likeness (QED) is 0.876. The number of aromatic nitrogens is 1. The number of methoxy groups -OCH3 is 1. The van der Waals surface area contributed by atoms with Crippen molar-refractivity contribution in [2.24, 2.45) is 0 Å². The van der Waals surface area contributed by atoms with E-state index in [0.29, 0.717) is 18.0 Å². The molecule has 25 heavy (non-hydrogen) atoms. The molecular formula is C19H21N3O3. The van der Waals surface area contributed by atoms with Crippen LogP contribution in [0.5, 0.6) is 5.88 Å². The van der Waals surface area contributed by atoms with Crippen LogP contribution in [0.1, 0.15) is 36.2 Å². The topological polar surface area (TPSA) is 80.3 Å². The van der Waals surface area contributed by atoms with Gasteiger partial charge in [0.05, 0.1) is 25.3 Å². The molecule has 1 atom stereocenters.